The van der Waals surface area contributed by atoms with Gasteiger partial charge < -0.3 is 6.42 Å². The zero-order chi connectivity index (χ0) is 18.1. The van der Waals surface area contributed by atoms with E-state index in [0.29, 0.717) is 6.10 Å². The fraction of sp³-hybridized carbons (Fsp3) is 0.944. The summed E-state index contributed by atoms with van der Waals surface area (Å²) < 4.78 is 5.55. The summed E-state index contributed by atoms with van der Waals surface area (Å²) >= 11 is 0. The van der Waals surface area contributed by atoms with E-state index in [4.69, 9.17) is 4.52 Å². The maximum atomic E-state index is 5.55. The third kappa shape index (κ3) is 102. The molecule has 0 rings (SSSR count). The monoisotopic (exact) mass is 521 g/mol. The molecule has 0 bridgehead atoms. The Morgan fingerprint density at radius 2 is 1.23 bits per heavy atom. The zero-order valence-corrected chi connectivity index (χ0v) is 22.7. The first-order valence-electron chi connectivity index (χ1n) is 8.34. The van der Waals surface area contributed by atoms with Crippen molar-refractivity contribution in [2.75, 3.05) is 20.0 Å². The molecule has 1 nitrogen and oxygen atoms in total. The van der Waals surface area contributed by atoms with E-state index in [2.05, 4.69) is 74.3 Å². The van der Waals surface area contributed by atoms with Crippen LogP contribution < -0.4 is 0 Å². The molecule has 0 aliphatic carbocycles. The van der Waals surface area contributed by atoms with Crippen molar-refractivity contribution in [2.45, 2.75) is 87.1 Å². The molecule has 0 aromatic heterocycles. The molecule has 0 aromatic rings. The predicted octanol–water partition coefficient (Wildman–Crippen LogP) is 7.27. The summed E-state index contributed by atoms with van der Waals surface area (Å²) in [7, 11) is -0.851. The van der Waals surface area contributed by atoms with Crippen molar-refractivity contribution in [1.82, 2.24) is 0 Å². The van der Waals surface area contributed by atoms with E-state index < -0.39 is 7.49 Å². The van der Waals surface area contributed by atoms with Crippen LogP contribution in [0.1, 0.15) is 61.3 Å². The molecule has 4 heteroatoms. The first-order chi connectivity index (χ1) is 9.33. The number of hydrogen-bond donors (Lipinski definition) is 0. The molecule has 139 valence electrons. The van der Waals surface area contributed by atoms with Crippen molar-refractivity contribution >= 4 is 16.3 Å². The normalized spacial score (nSPS) is 9.82. The Kier molecular flexibility index (Phi) is 38.6. The van der Waals surface area contributed by atoms with Crippen LogP contribution in [-0.4, -0.2) is 34.9 Å². The molecule has 0 spiro atoms. The Morgan fingerprint density at radius 3 is 1.23 bits per heavy atom. The van der Waals surface area contributed by atoms with Gasteiger partial charge in [0.25, 0.3) is 0 Å². The average molecular weight is 521 g/mol. The third-order valence-electron chi connectivity index (χ3n) is 1.39. The van der Waals surface area contributed by atoms with E-state index in [0.717, 1.165) is 5.92 Å². The molecule has 0 saturated heterocycles. The van der Waals surface area contributed by atoms with Crippen LogP contribution in [0, 0.1) is 12.3 Å². The molecule has 0 heterocycles. The molecule has 0 aromatic carbocycles. The summed E-state index contributed by atoms with van der Waals surface area (Å²) in [4.78, 5) is 0. The van der Waals surface area contributed by atoms with Crippen molar-refractivity contribution in [1.29, 1.82) is 0 Å². The van der Waals surface area contributed by atoms with Crippen LogP contribution in [0.2, 0.25) is 19.6 Å². The second-order valence-electron chi connectivity index (χ2n) is 7.30. The smallest absolute Gasteiger partial charge is 0.137 e. The van der Waals surface area contributed by atoms with Crippen molar-refractivity contribution in [3.8, 4) is 0 Å². The molecular formula is C18H46OPSiW. The first-order valence-corrected chi connectivity index (χ1v) is 14.4. The fourth-order valence-corrected chi connectivity index (χ4v) is 2.47. The van der Waals surface area contributed by atoms with Crippen molar-refractivity contribution < 1.29 is 25.6 Å². The summed E-state index contributed by atoms with van der Waals surface area (Å²) in [5, 5.41) is 0. The molecular weight excluding hydrogens is 475 g/mol. The van der Waals surface area contributed by atoms with Crippen molar-refractivity contribution in [3.63, 3.8) is 0 Å². The Balaban J connectivity index is -0.0000000615. The summed E-state index contributed by atoms with van der Waals surface area (Å²) in [6.45, 7) is 28.2. The summed E-state index contributed by atoms with van der Waals surface area (Å²) in [6.07, 6.45) is 5.10. The summed E-state index contributed by atoms with van der Waals surface area (Å²) in [6, 6.07) is 0. The number of hydrogen-bond acceptors (Lipinski definition) is 1. The van der Waals surface area contributed by atoms with E-state index in [-0.39, 0.29) is 29.9 Å². The molecule has 22 heavy (non-hydrogen) atoms. The third-order valence-corrected chi connectivity index (χ3v) is 2.45. The summed E-state index contributed by atoms with van der Waals surface area (Å²) in [5.41, 5.74) is 0. The van der Waals surface area contributed by atoms with Gasteiger partial charge >= 0.3 is 0 Å². The van der Waals surface area contributed by atoms with Crippen LogP contribution in [-0.2, 0) is 25.6 Å². The molecule has 0 unspecified atom stereocenters. The Hall–Kier alpha value is 1.30. The molecule has 0 atom stereocenters. The van der Waals surface area contributed by atoms with Crippen LogP contribution in [0.5, 0.6) is 0 Å². The van der Waals surface area contributed by atoms with E-state index >= 15 is 0 Å². The van der Waals surface area contributed by atoms with E-state index in [1.165, 1.54) is 12.8 Å². The van der Waals surface area contributed by atoms with Gasteiger partial charge in [-0.2, -0.15) is 13.8 Å². The Morgan fingerprint density at radius 1 is 0.955 bits per heavy atom. The second kappa shape index (κ2) is 24.5. The van der Waals surface area contributed by atoms with Crippen LogP contribution in [0.3, 0.4) is 0 Å². The largest absolute Gasteiger partial charge is 0.335 e. The molecule has 0 aliphatic rings. The van der Waals surface area contributed by atoms with Gasteiger partial charge in [-0.25, -0.2) is 4.52 Å². The molecule has 1 radical (unpaired) electrons. The van der Waals surface area contributed by atoms with Gasteiger partial charge in [-0.15, -0.1) is 0 Å². The van der Waals surface area contributed by atoms with Gasteiger partial charge in [0.1, 0.15) is 7.49 Å². The maximum absolute atomic E-state index is 5.55. The van der Waals surface area contributed by atoms with Crippen molar-refractivity contribution in [3.05, 3.63) is 6.42 Å². The Labute approximate surface area is 161 Å². The first kappa shape index (κ1) is 34.6. The minimum Gasteiger partial charge on any atom is -0.335 e. The topological polar surface area (TPSA) is 9.23 Å². The predicted molar refractivity (Wildman–Crippen MR) is 110 cm³/mol. The molecule has 0 fully saturated rings. The second-order valence-corrected chi connectivity index (χ2v) is 14.3. The maximum Gasteiger partial charge on any atom is 0.137 e. The van der Waals surface area contributed by atoms with Crippen molar-refractivity contribution in [2.24, 2.45) is 5.92 Å². The fourth-order valence-electron chi connectivity index (χ4n) is 1.21. The van der Waals surface area contributed by atoms with Crippen LogP contribution in [0.15, 0.2) is 0 Å². The standard InChI is InChI=1S/C6H16OP.C6H14.C3H9Si.C3H7.W/c1-6(2)7-8(3,4)5;1-4-5-6(2)3;1-4(2)3;1-3-2;/h6H,1-5H3;6H,4-5H2,1-3H3;1-3H3;3H,1-2H3;/q+1;;;-1;. The van der Waals surface area contributed by atoms with E-state index in [1.54, 1.807) is 0 Å². The van der Waals surface area contributed by atoms with Gasteiger partial charge in [-0.3, -0.25) is 0 Å². The molecule has 0 amide bonds. The summed E-state index contributed by atoms with van der Waals surface area (Å²) in [5.74, 6) is 0.898. The SMILES string of the molecule is CC(C)O[P+](C)(C)C.CCCC(C)C.C[CH-]C.C[Si](C)C.[W]. The molecule has 0 aliphatic heterocycles. The van der Waals surface area contributed by atoms with Crippen LogP contribution in [0.4, 0.5) is 0 Å². The number of rotatable bonds is 4. The van der Waals surface area contributed by atoms with E-state index in [1.807, 2.05) is 20.3 Å². The van der Waals surface area contributed by atoms with E-state index in [9.17, 15) is 0 Å². The van der Waals surface area contributed by atoms with Crippen LogP contribution in [0.25, 0.3) is 0 Å². The van der Waals surface area contributed by atoms with Crippen LogP contribution >= 0.6 is 7.49 Å². The van der Waals surface area contributed by atoms with Gasteiger partial charge in [-0.1, -0.05) is 53.3 Å². The van der Waals surface area contributed by atoms with Gasteiger partial charge in [0.05, 0.1) is 26.1 Å². The Bertz CT molecular complexity index is 166. The quantitative estimate of drug-likeness (QED) is 0.215. The van der Waals surface area contributed by atoms with Gasteiger partial charge in [-0.05, 0) is 19.8 Å². The zero-order valence-electron chi connectivity index (χ0n) is 17.9. The minimum atomic E-state index is -0.972. The average Bonchev–Trinajstić information content (AvgIpc) is 2.13. The molecule has 0 saturated carbocycles. The van der Waals surface area contributed by atoms with Gasteiger partial charge in [0.15, 0.2) is 0 Å². The van der Waals surface area contributed by atoms with Gasteiger partial charge in [0.2, 0.25) is 0 Å². The minimum absolute atomic E-state index is 0. The van der Waals surface area contributed by atoms with Gasteiger partial charge in [0, 0.05) is 29.9 Å². The molecule has 0 N–H and O–H groups in total.